The van der Waals surface area contributed by atoms with Crippen LogP contribution >= 0.6 is 0 Å². The number of rotatable bonds is 7. The molecule has 0 radical (unpaired) electrons. The number of benzene rings is 1. The SMILES string of the molecule is CCNC(=NCCc1c(C)noc1C)N(C)Cc1ccc(N2CCCCC2)cc1. The van der Waals surface area contributed by atoms with Gasteiger partial charge in [0.1, 0.15) is 5.76 Å². The molecule has 1 saturated heterocycles. The molecule has 0 saturated carbocycles. The van der Waals surface area contributed by atoms with Gasteiger partial charge in [-0.3, -0.25) is 4.99 Å². The molecule has 1 aliphatic heterocycles. The molecule has 1 N–H and O–H groups in total. The van der Waals surface area contributed by atoms with Gasteiger partial charge < -0.3 is 19.6 Å². The molecule has 2 aromatic rings. The van der Waals surface area contributed by atoms with Crippen LogP contribution in [0.15, 0.2) is 33.8 Å². The Morgan fingerprint density at radius 3 is 2.52 bits per heavy atom. The van der Waals surface area contributed by atoms with Crippen molar-refractivity contribution in [1.29, 1.82) is 0 Å². The maximum Gasteiger partial charge on any atom is 0.193 e. The Kier molecular flexibility index (Phi) is 7.55. The molecule has 6 nitrogen and oxygen atoms in total. The molecule has 0 atom stereocenters. The van der Waals surface area contributed by atoms with E-state index in [0.29, 0.717) is 6.54 Å². The number of nitrogens with zero attached hydrogens (tertiary/aromatic N) is 4. The van der Waals surface area contributed by atoms with E-state index in [2.05, 4.69) is 58.5 Å². The van der Waals surface area contributed by atoms with Gasteiger partial charge in [-0.2, -0.15) is 0 Å². The summed E-state index contributed by atoms with van der Waals surface area (Å²) in [6.45, 7) is 10.8. The summed E-state index contributed by atoms with van der Waals surface area (Å²) in [4.78, 5) is 9.50. The smallest absolute Gasteiger partial charge is 0.193 e. The van der Waals surface area contributed by atoms with Gasteiger partial charge >= 0.3 is 0 Å². The van der Waals surface area contributed by atoms with E-state index in [1.807, 2.05) is 13.8 Å². The Morgan fingerprint density at radius 2 is 1.90 bits per heavy atom. The highest BCUT2D eigenvalue weighted by Crippen LogP contribution is 2.20. The van der Waals surface area contributed by atoms with Crippen LogP contribution in [-0.4, -0.2) is 49.2 Å². The summed E-state index contributed by atoms with van der Waals surface area (Å²) in [5, 5.41) is 7.43. The van der Waals surface area contributed by atoms with Crippen LogP contribution in [0.1, 0.15) is 48.8 Å². The summed E-state index contributed by atoms with van der Waals surface area (Å²) in [6.07, 6.45) is 4.82. The van der Waals surface area contributed by atoms with E-state index in [1.54, 1.807) is 0 Å². The van der Waals surface area contributed by atoms with E-state index in [1.165, 1.54) is 49.2 Å². The van der Waals surface area contributed by atoms with Crippen molar-refractivity contribution in [2.45, 2.75) is 53.0 Å². The Morgan fingerprint density at radius 1 is 1.17 bits per heavy atom. The molecule has 6 heteroatoms. The van der Waals surface area contributed by atoms with Gasteiger partial charge in [0.15, 0.2) is 5.96 Å². The van der Waals surface area contributed by atoms with Crippen LogP contribution in [-0.2, 0) is 13.0 Å². The molecule has 2 heterocycles. The molecule has 0 amide bonds. The average Bonchev–Trinajstić information content (AvgIpc) is 3.06. The van der Waals surface area contributed by atoms with Crippen molar-refractivity contribution in [3.05, 3.63) is 46.8 Å². The lowest BCUT2D eigenvalue weighted by molar-refractivity contribution is 0.392. The number of aliphatic imine (C=N–C) groups is 1. The van der Waals surface area contributed by atoms with Crippen molar-refractivity contribution in [2.24, 2.45) is 4.99 Å². The second-order valence-electron chi connectivity index (χ2n) is 7.86. The summed E-state index contributed by atoms with van der Waals surface area (Å²) >= 11 is 0. The van der Waals surface area contributed by atoms with Gasteiger partial charge in [0, 0.05) is 51.0 Å². The number of aromatic nitrogens is 1. The maximum absolute atomic E-state index is 5.25. The van der Waals surface area contributed by atoms with Crippen molar-refractivity contribution in [3.8, 4) is 0 Å². The molecule has 3 rings (SSSR count). The second-order valence-corrected chi connectivity index (χ2v) is 7.86. The third-order valence-corrected chi connectivity index (χ3v) is 5.58. The zero-order valence-electron chi connectivity index (χ0n) is 18.4. The summed E-state index contributed by atoms with van der Waals surface area (Å²) in [7, 11) is 2.09. The number of guanidine groups is 1. The first-order valence-electron chi connectivity index (χ1n) is 10.8. The van der Waals surface area contributed by atoms with Crippen LogP contribution in [0.2, 0.25) is 0 Å². The number of hydrogen-bond donors (Lipinski definition) is 1. The fraction of sp³-hybridized carbons (Fsp3) is 0.565. The molecule has 29 heavy (non-hydrogen) atoms. The molecular formula is C23H35N5O. The highest BCUT2D eigenvalue weighted by Gasteiger charge is 2.12. The van der Waals surface area contributed by atoms with Gasteiger partial charge in [0.2, 0.25) is 0 Å². The Balaban J connectivity index is 1.59. The summed E-state index contributed by atoms with van der Waals surface area (Å²) in [5.41, 5.74) is 4.77. The Hall–Kier alpha value is -2.50. The van der Waals surface area contributed by atoms with Crippen molar-refractivity contribution in [2.75, 3.05) is 38.1 Å². The fourth-order valence-corrected chi connectivity index (χ4v) is 3.92. The van der Waals surface area contributed by atoms with Gasteiger partial charge in [-0.1, -0.05) is 17.3 Å². The lowest BCUT2D eigenvalue weighted by Crippen LogP contribution is -2.38. The summed E-state index contributed by atoms with van der Waals surface area (Å²) in [6, 6.07) is 9.01. The first kappa shape index (κ1) is 21.2. The minimum absolute atomic E-state index is 0.712. The Bertz CT molecular complexity index is 771. The highest BCUT2D eigenvalue weighted by molar-refractivity contribution is 5.79. The van der Waals surface area contributed by atoms with Gasteiger partial charge in [0.05, 0.1) is 5.69 Å². The van der Waals surface area contributed by atoms with Crippen molar-refractivity contribution in [1.82, 2.24) is 15.4 Å². The third kappa shape index (κ3) is 5.75. The Labute approximate surface area is 175 Å². The monoisotopic (exact) mass is 397 g/mol. The molecule has 1 aromatic heterocycles. The number of nitrogens with one attached hydrogen (secondary N) is 1. The number of hydrogen-bond acceptors (Lipinski definition) is 4. The molecule has 0 aliphatic carbocycles. The van der Waals surface area contributed by atoms with E-state index < -0.39 is 0 Å². The maximum atomic E-state index is 5.25. The van der Waals surface area contributed by atoms with Crippen molar-refractivity contribution in [3.63, 3.8) is 0 Å². The third-order valence-electron chi connectivity index (χ3n) is 5.58. The fourth-order valence-electron chi connectivity index (χ4n) is 3.92. The summed E-state index contributed by atoms with van der Waals surface area (Å²) < 4.78 is 5.25. The quantitative estimate of drug-likeness (QED) is 0.567. The van der Waals surface area contributed by atoms with E-state index in [4.69, 9.17) is 9.52 Å². The van der Waals surface area contributed by atoms with E-state index in [0.717, 1.165) is 36.9 Å². The first-order chi connectivity index (χ1) is 14.1. The van der Waals surface area contributed by atoms with Crippen molar-refractivity contribution >= 4 is 11.6 Å². The molecule has 1 aromatic carbocycles. The van der Waals surface area contributed by atoms with Crippen LogP contribution in [0.4, 0.5) is 5.69 Å². The highest BCUT2D eigenvalue weighted by atomic mass is 16.5. The van der Waals surface area contributed by atoms with Crippen LogP contribution in [0.3, 0.4) is 0 Å². The molecule has 0 bridgehead atoms. The largest absolute Gasteiger partial charge is 0.372 e. The first-order valence-corrected chi connectivity index (χ1v) is 10.8. The number of anilines is 1. The lowest BCUT2D eigenvalue weighted by Gasteiger charge is -2.29. The molecule has 1 fully saturated rings. The normalized spacial score (nSPS) is 14.9. The van der Waals surface area contributed by atoms with Gasteiger partial charge in [-0.05, 0) is 64.2 Å². The van der Waals surface area contributed by atoms with Gasteiger partial charge in [-0.15, -0.1) is 0 Å². The predicted octanol–water partition coefficient (Wildman–Crippen LogP) is 3.92. The van der Waals surface area contributed by atoms with E-state index in [-0.39, 0.29) is 0 Å². The molecule has 1 aliphatic rings. The van der Waals surface area contributed by atoms with Crippen LogP contribution in [0.5, 0.6) is 0 Å². The van der Waals surface area contributed by atoms with Gasteiger partial charge in [-0.25, -0.2) is 0 Å². The molecular weight excluding hydrogens is 362 g/mol. The zero-order valence-corrected chi connectivity index (χ0v) is 18.4. The predicted molar refractivity (Wildman–Crippen MR) is 120 cm³/mol. The lowest BCUT2D eigenvalue weighted by atomic mass is 10.1. The second kappa shape index (κ2) is 10.3. The number of piperidine rings is 1. The molecule has 158 valence electrons. The van der Waals surface area contributed by atoms with Gasteiger partial charge in [0.25, 0.3) is 0 Å². The number of aryl methyl sites for hydroxylation is 2. The topological polar surface area (TPSA) is 56.9 Å². The average molecular weight is 398 g/mol. The summed E-state index contributed by atoms with van der Waals surface area (Å²) in [5.74, 6) is 1.82. The zero-order chi connectivity index (χ0) is 20.6. The molecule has 0 unspecified atom stereocenters. The minimum Gasteiger partial charge on any atom is -0.372 e. The van der Waals surface area contributed by atoms with Crippen molar-refractivity contribution < 1.29 is 4.52 Å². The van der Waals surface area contributed by atoms with E-state index >= 15 is 0 Å². The molecule has 0 spiro atoms. The van der Waals surface area contributed by atoms with Crippen LogP contribution in [0, 0.1) is 13.8 Å². The minimum atomic E-state index is 0.712. The standard InChI is InChI=1S/C23H35N5O/c1-5-24-23(25-14-13-22-18(2)26-29-19(22)3)27(4)17-20-9-11-21(12-10-20)28-15-7-6-8-16-28/h9-12H,5-8,13-17H2,1-4H3,(H,24,25). The van der Waals surface area contributed by atoms with Crippen LogP contribution < -0.4 is 10.2 Å². The van der Waals surface area contributed by atoms with E-state index in [9.17, 15) is 0 Å². The van der Waals surface area contributed by atoms with Crippen LogP contribution in [0.25, 0.3) is 0 Å².